The predicted octanol–water partition coefficient (Wildman–Crippen LogP) is 3.45. The molecule has 0 bridgehead atoms. The average molecular weight is 378 g/mol. The zero-order valence-corrected chi connectivity index (χ0v) is 16.5. The van der Waals surface area contributed by atoms with Crippen LogP contribution >= 0.6 is 0 Å². The van der Waals surface area contributed by atoms with Gasteiger partial charge in [-0.3, -0.25) is 4.79 Å². The van der Waals surface area contributed by atoms with E-state index in [0.29, 0.717) is 16.3 Å². The molecule has 27 heavy (non-hydrogen) atoms. The van der Waals surface area contributed by atoms with Crippen molar-refractivity contribution in [2.75, 3.05) is 7.11 Å². The molecule has 1 aliphatic heterocycles. The van der Waals surface area contributed by atoms with Gasteiger partial charge in [0, 0.05) is 0 Å². The highest BCUT2D eigenvalue weighted by Gasteiger charge is 2.65. The molecule has 1 aromatic carbocycles. The SMILES string of the molecule is CC[C@@]1(c2ccc(OC)cc2)C(=O)N(C(=O)OC(C)C)N1C(=O)OC(C)C. The van der Waals surface area contributed by atoms with E-state index in [2.05, 4.69) is 0 Å². The number of hydrogen-bond donors (Lipinski definition) is 0. The van der Waals surface area contributed by atoms with Gasteiger partial charge in [0.05, 0.1) is 19.3 Å². The van der Waals surface area contributed by atoms with Gasteiger partial charge in [-0.1, -0.05) is 19.1 Å². The maximum absolute atomic E-state index is 13.0. The second kappa shape index (κ2) is 7.85. The van der Waals surface area contributed by atoms with Gasteiger partial charge >= 0.3 is 12.2 Å². The predicted molar refractivity (Wildman–Crippen MR) is 96.9 cm³/mol. The minimum atomic E-state index is -1.34. The van der Waals surface area contributed by atoms with Crippen LogP contribution in [0.1, 0.15) is 46.6 Å². The summed E-state index contributed by atoms with van der Waals surface area (Å²) < 4.78 is 15.5. The van der Waals surface area contributed by atoms with E-state index in [0.717, 1.165) is 5.01 Å². The molecule has 3 amide bonds. The molecule has 1 saturated heterocycles. The zero-order valence-electron chi connectivity index (χ0n) is 16.5. The zero-order chi connectivity index (χ0) is 20.4. The largest absolute Gasteiger partial charge is 0.497 e. The molecule has 1 atom stereocenters. The molecule has 2 rings (SSSR count). The first kappa shape index (κ1) is 20.5. The van der Waals surface area contributed by atoms with Crippen LogP contribution in [-0.2, 0) is 19.8 Å². The van der Waals surface area contributed by atoms with Gasteiger partial charge in [0.2, 0.25) is 0 Å². The van der Waals surface area contributed by atoms with E-state index < -0.39 is 35.8 Å². The molecular weight excluding hydrogens is 352 g/mol. The molecule has 0 aliphatic carbocycles. The highest BCUT2D eigenvalue weighted by Crippen LogP contribution is 2.45. The number of hydrogen-bond acceptors (Lipinski definition) is 6. The fourth-order valence-electron chi connectivity index (χ4n) is 3.01. The smallest absolute Gasteiger partial charge is 0.436 e. The van der Waals surface area contributed by atoms with Crippen molar-refractivity contribution in [3.8, 4) is 5.75 Å². The van der Waals surface area contributed by atoms with Gasteiger partial charge in [-0.15, -0.1) is 5.01 Å². The Labute approximate surface area is 158 Å². The maximum atomic E-state index is 13.0. The Bertz CT molecular complexity index is 715. The van der Waals surface area contributed by atoms with E-state index in [1.54, 1.807) is 58.9 Å². The molecule has 1 heterocycles. The summed E-state index contributed by atoms with van der Waals surface area (Å²) in [6.07, 6.45) is -2.29. The van der Waals surface area contributed by atoms with Crippen molar-refractivity contribution in [2.24, 2.45) is 0 Å². The molecule has 1 fully saturated rings. The van der Waals surface area contributed by atoms with Crippen molar-refractivity contribution >= 4 is 18.1 Å². The molecule has 1 aliphatic rings. The third-order valence-electron chi connectivity index (χ3n) is 4.21. The molecule has 0 saturated carbocycles. The van der Waals surface area contributed by atoms with Gasteiger partial charge in [0.1, 0.15) is 5.75 Å². The van der Waals surface area contributed by atoms with E-state index >= 15 is 0 Å². The normalized spacial score (nSPS) is 19.2. The number of imide groups is 1. The van der Waals surface area contributed by atoms with Gasteiger partial charge < -0.3 is 14.2 Å². The van der Waals surface area contributed by atoms with E-state index in [9.17, 15) is 14.4 Å². The average Bonchev–Trinajstić information content (AvgIpc) is 2.59. The number of benzene rings is 1. The molecule has 0 spiro atoms. The van der Waals surface area contributed by atoms with Crippen LogP contribution in [0.25, 0.3) is 0 Å². The Morgan fingerprint density at radius 1 is 1.00 bits per heavy atom. The quantitative estimate of drug-likeness (QED) is 0.780. The molecule has 8 heteroatoms. The summed E-state index contributed by atoms with van der Waals surface area (Å²) >= 11 is 0. The summed E-state index contributed by atoms with van der Waals surface area (Å²) in [7, 11) is 1.54. The van der Waals surface area contributed by atoms with Gasteiger partial charge in [0.15, 0.2) is 5.54 Å². The van der Waals surface area contributed by atoms with Crippen LogP contribution in [0.3, 0.4) is 0 Å². The minimum Gasteiger partial charge on any atom is -0.497 e. The topological polar surface area (TPSA) is 85.4 Å². The summed E-state index contributed by atoms with van der Waals surface area (Å²) in [6.45, 7) is 8.47. The summed E-state index contributed by atoms with van der Waals surface area (Å²) in [4.78, 5) is 38.2. The molecule has 148 valence electrons. The Hall–Kier alpha value is -2.77. The van der Waals surface area contributed by atoms with E-state index in [1.165, 1.54) is 7.11 Å². The van der Waals surface area contributed by atoms with Crippen LogP contribution in [0.15, 0.2) is 24.3 Å². The number of carbonyl (C=O) groups is 3. The molecule has 0 aromatic heterocycles. The Morgan fingerprint density at radius 2 is 1.52 bits per heavy atom. The van der Waals surface area contributed by atoms with E-state index in [-0.39, 0.29) is 6.42 Å². The first-order chi connectivity index (χ1) is 12.7. The van der Waals surface area contributed by atoms with Gasteiger partial charge in [-0.25, -0.2) is 9.59 Å². The van der Waals surface area contributed by atoms with Crippen molar-refractivity contribution in [1.29, 1.82) is 0 Å². The first-order valence-corrected chi connectivity index (χ1v) is 8.89. The molecule has 0 unspecified atom stereocenters. The van der Waals surface area contributed by atoms with Crippen molar-refractivity contribution < 1.29 is 28.6 Å². The maximum Gasteiger partial charge on any atom is 0.436 e. The summed E-state index contributed by atoms with van der Waals surface area (Å²) in [5, 5.41) is 1.75. The number of amides is 3. The van der Waals surface area contributed by atoms with Crippen LogP contribution < -0.4 is 4.74 Å². The van der Waals surface area contributed by atoms with Crippen molar-refractivity contribution in [1.82, 2.24) is 10.0 Å². The number of hydrazine groups is 1. The van der Waals surface area contributed by atoms with Crippen LogP contribution in [0.2, 0.25) is 0 Å². The molecule has 0 radical (unpaired) electrons. The molecule has 0 N–H and O–H groups in total. The van der Waals surface area contributed by atoms with Crippen LogP contribution in [0.5, 0.6) is 5.75 Å². The summed E-state index contributed by atoms with van der Waals surface area (Å²) in [5.41, 5.74) is -0.779. The highest BCUT2D eigenvalue weighted by molar-refractivity contribution is 6.06. The lowest BCUT2D eigenvalue weighted by Gasteiger charge is -2.54. The van der Waals surface area contributed by atoms with Crippen molar-refractivity contribution in [3.63, 3.8) is 0 Å². The fourth-order valence-corrected chi connectivity index (χ4v) is 3.01. The lowest BCUT2D eigenvalue weighted by atomic mass is 9.81. The number of carbonyl (C=O) groups excluding carboxylic acids is 3. The number of rotatable bonds is 5. The molecule has 8 nitrogen and oxygen atoms in total. The summed E-state index contributed by atoms with van der Waals surface area (Å²) in [5.74, 6) is 0.0747. The van der Waals surface area contributed by atoms with E-state index in [1.807, 2.05) is 0 Å². The van der Waals surface area contributed by atoms with Crippen LogP contribution in [0, 0.1) is 0 Å². The standard InChI is InChI=1S/C19H26N2O6/c1-7-19(14-8-10-15(25-6)11-9-14)16(22)20(17(23)26-12(2)3)21(19)18(24)27-13(4)5/h8-13H,7H2,1-6H3/t19-/m1/s1. The third kappa shape index (κ3) is 3.56. The highest BCUT2D eigenvalue weighted by atomic mass is 16.6. The number of ether oxygens (including phenoxy) is 3. The number of nitrogens with zero attached hydrogens (tertiary/aromatic N) is 2. The third-order valence-corrected chi connectivity index (χ3v) is 4.21. The lowest BCUT2D eigenvalue weighted by Crippen LogP contribution is -2.78. The van der Waals surface area contributed by atoms with Gasteiger partial charge in [-0.05, 0) is 51.8 Å². The summed E-state index contributed by atoms with van der Waals surface area (Å²) in [6, 6.07) is 6.78. The first-order valence-electron chi connectivity index (χ1n) is 8.89. The van der Waals surface area contributed by atoms with Gasteiger partial charge in [0.25, 0.3) is 5.91 Å². The van der Waals surface area contributed by atoms with Crippen LogP contribution in [-0.4, -0.2) is 47.4 Å². The molecular formula is C19H26N2O6. The minimum absolute atomic E-state index is 0.261. The Morgan fingerprint density at radius 3 is 1.96 bits per heavy atom. The van der Waals surface area contributed by atoms with Crippen molar-refractivity contribution in [3.05, 3.63) is 29.8 Å². The lowest BCUT2D eigenvalue weighted by molar-refractivity contribution is -0.205. The Kier molecular flexibility index (Phi) is 5.98. The second-order valence-electron chi connectivity index (χ2n) is 6.74. The second-order valence-corrected chi connectivity index (χ2v) is 6.74. The Balaban J connectivity index is 2.48. The van der Waals surface area contributed by atoms with Crippen molar-refractivity contribution in [2.45, 2.75) is 58.8 Å². The molecule has 1 aromatic rings. The van der Waals surface area contributed by atoms with Crippen LogP contribution in [0.4, 0.5) is 9.59 Å². The fraction of sp³-hybridized carbons (Fsp3) is 0.526. The van der Waals surface area contributed by atoms with E-state index in [4.69, 9.17) is 14.2 Å². The number of methoxy groups -OCH3 is 1. The monoisotopic (exact) mass is 378 g/mol. The van der Waals surface area contributed by atoms with Gasteiger partial charge in [-0.2, -0.15) is 5.01 Å².